The van der Waals surface area contributed by atoms with Crippen molar-refractivity contribution >= 4 is 0 Å². The van der Waals surface area contributed by atoms with Crippen LogP contribution in [0.3, 0.4) is 0 Å². The Labute approximate surface area is 146 Å². The Morgan fingerprint density at radius 1 is 0.429 bits per heavy atom. The van der Waals surface area contributed by atoms with Gasteiger partial charge in [0, 0.05) is 12.4 Å². The molecule has 0 saturated carbocycles. The molecule has 154 valence electrons. The van der Waals surface area contributed by atoms with Crippen LogP contribution >= 0.6 is 0 Å². The highest BCUT2D eigenvalue weighted by molar-refractivity contribution is 5.58. The van der Waals surface area contributed by atoms with Gasteiger partial charge in [-0.05, 0) is 12.1 Å². The molecule has 2 aromatic heterocycles. The Kier molecular flexibility index (Phi) is 5.06. The van der Waals surface area contributed by atoms with Gasteiger partial charge in [-0.1, -0.05) is 0 Å². The summed E-state index contributed by atoms with van der Waals surface area (Å²) in [5.41, 5.74) is -11.2. The highest BCUT2D eigenvalue weighted by Gasteiger charge is 2.45. The third-order valence-corrected chi connectivity index (χ3v) is 3.29. The Hall–Kier alpha value is -2.54. The van der Waals surface area contributed by atoms with Crippen LogP contribution in [0.25, 0.3) is 11.4 Å². The summed E-state index contributed by atoms with van der Waals surface area (Å²) in [5, 5.41) is 0. The van der Waals surface area contributed by atoms with Gasteiger partial charge in [-0.2, -0.15) is 52.7 Å². The lowest BCUT2D eigenvalue weighted by atomic mass is 10.0. The fraction of sp³-hybridized carbons (Fsp3) is 0.286. The zero-order valence-corrected chi connectivity index (χ0v) is 12.7. The number of nitrogens with zero attached hydrogens (tertiary/aromatic N) is 2. The maximum atomic E-state index is 12.9. The summed E-state index contributed by atoms with van der Waals surface area (Å²) in [5.74, 6) is 0. The van der Waals surface area contributed by atoms with Crippen molar-refractivity contribution in [3.05, 3.63) is 46.8 Å². The fourth-order valence-electron chi connectivity index (χ4n) is 2.11. The normalized spacial score (nSPS) is 13.7. The second kappa shape index (κ2) is 6.51. The Balaban J connectivity index is 2.72. The summed E-state index contributed by atoms with van der Waals surface area (Å²) in [6.45, 7) is 0. The molecule has 2 nitrogen and oxygen atoms in total. The molecule has 0 atom stereocenters. The van der Waals surface area contributed by atoms with Gasteiger partial charge in [-0.3, -0.25) is 9.97 Å². The van der Waals surface area contributed by atoms with Crippen LogP contribution in [-0.4, -0.2) is 9.97 Å². The number of alkyl halides is 12. The van der Waals surface area contributed by atoms with E-state index in [0.29, 0.717) is 0 Å². The van der Waals surface area contributed by atoms with Crippen LogP contribution in [0.5, 0.6) is 0 Å². The third kappa shape index (κ3) is 4.47. The molecule has 28 heavy (non-hydrogen) atoms. The molecule has 0 aliphatic carbocycles. The van der Waals surface area contributed by atoms with Crippen molar-refractivity contribution < 1.29 is 52.7 Å². The van der Waals surface area contributed by atoms with Crippen molar-refractivity contribution in [2.45, 2.75) is 24.7 Å². The Bertz CT molecular complexity index is 800. The summed E-state index contributed by atoms with van der Waals surface area (Å²) >= 11 is 0. The average Bonchev–Trinajstić information content (AvgIpc) is 2.50. The standard InChI is InChI=1S/C14H4F12N2/c15-11(16,17)5-1-9(27-3-7(5)13(21,22)23)10-2-6(12(18,19)20)8(4-28-10)14(24,25)26/h1-4H. The first-order valence-electron chi connectivity index (χ1n) is 6.71. The smallest absolute Gasteiger partial charge is 0.254 e. The summed E-state index contributed by atoms with van der Waals surface area (Å²) < 4.78 is 153. The van der Waals surface area contributed by atoms with Crippen LogP contribution in [-0.2, 0) is 24.7 Å². The van der Waals surface area contributed by atoms with Crippen LogP contribution in [0.2, 0.25) is 0 Å². The van der Waals surface area contributed by atoms with E-state index in [1.165, 1.54) is 0 Å². The van der Waals surface area contributed by atoms with Gasteiger partial charge in [0.05, 0.1) is 33.6 Å². The molecular formula is C14H4F12N2. The molecule has 0 fully saturated rings. The van der Waals surface area contributed by atoms with E-state index >= 15 is 0 Å². The molecular weight excluding hydrogens is 424 g/mol. The summed E-state index contributed by atoms with van der Waals surface area (Å²) in [7, 11) is 0. The first-order chi connectivity index (χ1) is 12.4. The van der Waals surface area contributed by atoms with E-state index in [1.54, 1.807) is 0 Å². The van der Waals surface area contributed by atoms with Crippen molar-refractivity contribution in [1.29, 1.82) is 0 Å². The topological polar surface area (TPSA) is 25.8 Å². The first-order valence-corrected chi connectivity index (χ1v) is 6.71. The van der Waals surface area contributed by atoms with Crippen LogP contribution in [0, 0.1) is 0 Å². The van der Waals surface area contributed by atoms with Gasteiger partial charge in [0.15, 0.2) is 0 Å². The largest absolute Gasteiger partial charge is 0.418 e. The minimum absolute atomic E-state index is 0.238. The lowest BCUT2D eigenvalue weighted by Gasteiger charge is -2.17. The van der Waals surface area contributed by atoms with Crippen LogP contribution < -0.4 is 0 Å². The monoisotopic (exact) mass is 428 g/mol. The lowest BCUT2D eigenvalue weighted by molar-refractivity contribution is -0.162. The van der Waals surface area contributed by atoms with E-state index in [0.717, 1.165) is 0 Å². The van der Waals surface area contributed by atoms with E-state index < -0.39 is 58.3 Å². The lowest BCUT2D eigenvalue weighted by Crippen LogP contribution is -2.18. The van der Waals surface area contributed by atoms with Crippen molar-refractivity contribution in [1.82, 2.24) is 9.97 Å². The van der Waals surface area contributed by atoms with Gasteiger partial charge in [0.25, 0.3) is 0 Å². The van der Waals surface area contributed by atoms with E-state index in [-0.39, 0.29) is 24.5 Å². The van der Waals surface area contributed by atoms with Crippen molar-refractivity contribution in [2.24, 2.45) is 0 Å². The van der Waals surface area contributed by atoms with Gasteiger partial charge < -0.3 is 0 Å². The molecule has 0 spiro atoms. The SMILES string of the molecule is FC(F)(F)c1cnc(-c2cc(C(F)(F)F)c(C(F)(F)F)cn2)cc1C(F)(F)F. The minimum atomic E-state index is -5.57. The number of pyridine rings is 2. The molecule has 0 aliphatic rings. The molecule has 0 aliphatic heterocycles. The van der Waals surface area contributed by atoms with E-state index in [4.69, 9.17) is 0 Å². The number of rotatable bonds is 1. The van der Waals surface area contributed by atoms with E-state index in [2.05, 4.69) is 9.97 Å². The molecule has 0 bridgehead atoms. The second-order valence-corrected chi connectivity index (χ2v) is 5.22. The van der Waals surface area contributed by atoms with Gasteiger partial charge in [-0.25, -0.2) is 0 Å². The maximum Gasteiger partial charge on any atom is 0.418 e. The third-order valence-electron chi connectivity index (χ3n) is 3.29. The molecule has 2 heterocycles. The number of halogens is 12. The molecule has 0 N–H and O–H groups in total. The number of hydrogen-bond donors (Lipinski definition) is 0. The first kappa shape index (κ1) is 21.8. The van der Waals surface area contributed by atoms with E-state index in [1.807, 2.05) is 0 Å². The number of hydrogen-bond acceptors (Lipinski definition) is 2. The zero-order valence-electron chi connectivity index (χ0n) is 12.7. The number of aromatic nitrogens is 2. The molecule has 2 aromatic rings. The van der Waals surface area contributed by atoms with Crippen LogP contribution in [0.15, 0.2) is 24.5 Å². The second-order valence-electron chi connectivity index (χ2n) is 5.22. The zero-order chi connectivity index (χ0) is 21.7. The Morgan fingerprint density at radius 2 is 0.679 bits per heavy atom. The van der Waals surface area contributed by atoms with Gasteiger partial charge in [0.2, 0.25) is 0 Å². The highest BCUT2D eigenvalue weighted by Crippen LogP contribution is 2.43. The minimum Gasteiger partial charge on any atom is -0.254 e. The van der Waals surface area contributed by atoms with Gasteiger partial charge in [-0.15, -0.1) is 0 Å². The predicted octanol–water partition coefficient (Wildman–Crippen LogP) is 6.22. The predicted molar refractivity (Wildman–Crippen MR) is 67.5 cm³/mol. The van der Waals surface area contributed by atoms with Crippen molar-refractivity contribution in [3.8, 4) is 11.4 Å². The molecule has 0 aromatic carbocycles. The highest BCUT2D eigenvalue weighted by atomic mass is 19.4. The van der Waals surface area contributed by atoms with Gasteiger partial charge >= 0.3 is 24.7 Å². The quantitative estimate of drug-likeness (QED) is 0.505. The summed E-state index contributed by atoms with van der Waals surface area (Å²) in [6, 6.07) is -0.475. The molecule has 0 radical (unpaired) electrons. The maximum absolute atomic E-state index is 12.9. The fourth-order valence-corrected chi connectivity index (χ4v) is 2.11. The molecule has 14 heteroatoms. The van der Waals surface area contributed by atoms with Crippen LogP contribution in [0.4, 0.5) is 52.7 Å². The average molecular weight is 428 g/mol. The summed E-state index contributed by atoms with van der Waals surface area (Å²) in [4.78, 5) is 5.95. The molecule has 2 rings (SSSR count). The van der Waals surface area contributed by atoms with Crippen LogP contribution in [0.1, 0.15) is 22.3 Å². The summed E-state index contributed by atoms with van der Waals surface area (Å²) in [6.07, 6.45) is -22.7. The van der Waals surface area contributed by atoms with E-state index in [9.17, 15) is 52.7 Å². The molecule has 0 unspecified atom stereocenters. The molecule has 0 saturated heterocycles. The molecule has 0 amide bonds. The van der Waals surface area contributed by atoms with Gasteiger partial charge in [0.1, 0.15) is 0 Å². The van der Waals surface area contributed by atoms with Crippen molar-refractivity contribution in [2.75, 3.05) is 0 Å². The Morgan fingerprint density at radius 3 is 0.893 bits per heavy atom. The van der Waals surface area contributed by atoms with Crippen molar-refractivity contribution in [3.63, 3.8) is 0 Å².